The third kappa shape index (κ3) is 7.55. The average Bonchev–Trinajstić information content (AvgIpc) is 3.62. The molecule has 0 spiro atoms. The summed E-state index contributed by atoms with van der Waals surface area (Å²) in [5, 5.41) is 2.47. The maximum atomic E-state index is 5.11. The lowest BCUT2D eigenvalue weighted by atomic mass is 9.99. The minimum absolute atomic E-state index is 0.479. The number of hydrogen-bond donors (Lipinski definition) is 0. The van der Waals surface area contributed by atoms with Gasteiger partial charge in [0.1, 0.15) is 0 Å². The van der Waals surface area contributed by atoms with Crippen molar-refractivity contribution in [2.24, 2.45) is 9.98 Å². The van der Waals surface area contributed by atoms with Crippen LogP contribution in [-0.4, -0.2) is 23.5 Å². The molecule has 3 nitrogen and oxygen atoms in total. The second-order valence-electron chi connectivity index (χ2n) is 13.8. The van der Waals surface area contributed by atoms with Crippen LogP contribution in [0.25, 0.3) is 56.5 Å². The summed E-state index contributed by atoms with van der Waals surface area (Å²) in [4.78, 5) is 14.7. The highest BCUT2D eigenvalue weighted by molar-refractivity contribution is 8.05. The molecule has 0 bridgehead atoms. The summed E-state index contributed by atoms with van der Waals surface area (Å²) in [5.74, 6) is 0. The molecule has 8 rings (SSSR count). The molecule has 2 heterocycles. The quantitative estimate of drug-likeness (QED) is 0.0912. The predicted octanol–water partition coefficient (Wildman–Crippen LogP) is 15.0. The summed E-state index contributed by atoms with van der Waals surface area (Å²) in [6, 6.07) is 45.4. The fourth-order valence-corrected chi connectivity index (χ4v) is 9.81. The molecule has 0 saturated heterocycles. The number of allylic oxidation sites excluding steroid dienone is 5. The molecule has 0 amide bonds. The van der Waals surface area contributed by atoms with Crippen molar-refractivity contribution in [3.63, 3.8) is 0 Å². The van der Waals surface area contributed by atoms with Gasteiger partial charge in [0.2, 0.25) is 0 Å². The molecule has 1 aliphatic rings. The van der Waals surface area contributed by atoms with E-state index in [0.717, 1.165) is 50.5 Å². The zero-order chi connectivity index (χ0) is 40.0. The van der Waals surface area contributed by atoms with Crippen LogP contribution in [0.2, 0.25) is 0 Å². The summed E-state index contributed by atoms with van der Waals surface area (Å²) >= 11 is 3.72. The summed E-state index contributed by atoms with van der Waals surface area (Å²) in [5.41, 5.74) is 12.6. The molecule has 282 valence electrons. The van der Waals surface area contributed by atoms with E-state index in [9.17, 15) is 0 Å². The van der Waals surface area contributed by atoms with Crippen LogP contribution in [0.5, 0.6) is 0 Å². The lowest BCUT2D eigenvalue weighted by Gasteiger charge is -2.20. The van der Waals surface area contributed by atoms with Gasteiger partial charge in [0.25, 0.3) is 0 Å². The first kappa shape index (κ1) is 38.5. The Hall–Kier alpha value is -6.40. The Kier molecular flexibility index (Phi) is 11.5. The molecular formula is C53H43N3S2. The van der Waals surface area contributed by atoms with Crippen molar-refractivity contribution in [3.05, 3.63) is 205 Å². The standard InChI is InChI=1S/C53H43N3S2/c1-6-10-18-36(8-3)35-55-46(34-45(54-5)39-19-12-11-13-20-39)41-22-16-21-40(33-41)38-25-28-42(29-26-38)56-47-31-27-37(9-4)43(17-7-2)51(47)44-30-32-50-53(52(44)56)58-49-24-15-14-23-48(49)57-50/h6-34H,3-5,35H2,1-2H3/b10-6-,17-7-,36-18+,45-34-,55-46?. The Morgan fingerprint density at radius 2 is 1.48 bits per heavy atom. The first-order chi connectivity index (χ1) is 28.5. The summed E-state index contributed by atoms with van der Waals surface area (Å²) in [6.07, 6.45) is 16.2. The smallest absolute Gasteiger partial charge is 0.0716 e. The van der Waals surface area contributed by atoms with Gasteiger partial charge in [-0.05, 0) is 96.9 Å². The Morgan fingerprint density at radius 3 is 2.21 bits per heavy atom. The lowest BCUT2D eigenvalue weighted by molar-refractivity contribution is 1.11. The van der Waals surface area contributed by atoms with E-state index in [1.54, 1.807) is 0 Å². The second kappa shape index (κ2) is 17.4. The summed E-state index contributed by atoms with van der Waals surface area (Å²) in [6.45, 7) is 16.7. The van der Waals surface area contributed by atoms with E-state index < -0.39 is 0 Å². The van der Waals surface area contributed by atoms with E-state index in [1.807, 2.05) is 97.2 Å². The molecule has 0 atom stereocenters. The molecular weight excluding hydrogens is 743 g/mol. The van der Waals surface area contributed by atoms with Crippen molar-refractivity contribution >= 4 is 75.6 Å². The molecule has 0 radical (unpaired) electrons. The van der Waals surface area contributed by atoms with E-state index in [4.69, 9.17) is 4.99 Å². The number of nitrogens with zero attached hydrogens (tertiary/aromatic N) is 3. The fraction of sp³-hybridized carbons (Fsp3) is 0.0566. The van der Waals surface area contributed by atoms with Gasteiger partial charge in [-0.3, -0.25) is 9.98 Å². The third-order valence-electron chi connectivity index (χ3n) is 10.2. The van der Waals surface area contributed by atoms with Gasteiger partial charge in [0.05, 0.1) is 33.9 Å². The molecule has 1 aliphatic heterocycles. The molecule has 58 heavy (non-hydrogen) atoms. The largest absolute Gasteiger partial charge is 0.308 e. The molecule has 0 unspecified atom stereocenters. The SMILES string of the molecule is C=C/C(=C\C=C/C)CN=C(/C=C(\N=C)c1ccccc1)c1cccc(-c2ccc(-n3c4ccc(C=C)c(/C=C\C)c4c4ccc5c(c43)Sc3ccccc3S5)cc2)c1. The second-order valence-corrected chi connectivity index (χ2v) is 15.9. The van der Waals surface area contributed by atoms with E-state index in [1.165, 1.54) is 47.0 Å². The summed E-state index contributed by atoms with van der Waals surface area (Å²) in [7, 11) is 0. The maximum absolute atomic E-state index is 5.11. The van der Waals surface area contributed by atoms with Crippen LogP contribution in [0.3, 0.4) is 0 Å². The Labute approximate surface area is 350 Å². The molecule has 6 aromatic carbocycles. The van der Waals surface area contributed by atoms with Crippen LogP contribution in [-0.2, 0) is 0 Å². The first-order valence-corrected chi connectivity index (χ1v) is 21.0. The fourth-order valence-electron chi connectivity index (χ4n) is 7.43. The number of aromatic nitrogens is 1. The number of fused-ring (bicyclic) bond motifs is 6. The Morgan fingerprint density at radius 1 is 0.724 bits per heavy atom. The normalized spacial score (nSPS) is 13.3. The molecule has 0 fully saturated rings. The topological polar surface area (TPSA) is 29.6 Å². The van der Waals surface area contributed by atoms with Crippen molar-refractivity contribution < 1.29 is 0 Å². The monoisotopic (exact) mass is 785 g/mol. The van der Waals surface area contributed by atoms with Crippen LogP contribution in [0, 0.1) is 0 Å². The van der Waals surface area contributed by atoms with Crippen LogP contribution < -0.4 is 0 Å². The number of benzene rings is 6. The van der Waals surface area contributed by atoms with Gasteiger partial charge in [-0.2, -0.15) is 0 Å². The Bertz CT molecular complexity index is 2870. The van der Waals surface area contributed by atoms with Gasteiger partial charge in [-0.1, -0.05) is 164 Å². The van der Waals surface area contributed by atoms with Crippen molar-refractivity contribution in [1.29, 1.82) is 0 Å². The third-order valence-corrected chi connectivity index (χ3v) is 12.8. The van der Waals surface area contributed by atoms with Crippen LogP contribution in [0.4, 0.5) is 0 Å². The minimum Gasteiger partial charge on any atom is -0.308 e. The average molecular weight is 786 g/mol. The van der Waals surface area contributed by atoms with Crippen molar-refractivity contribution in [1.82, 2.24) is 4.57 Å². The molecule has 0 aliphatic carbocycles. The number of aliphatic imine (C=N–C) groups is 2. The van der Waals surface area contributed by atoms with E-state index in [2.05, 4.69) is 146 Å². The van der Waals surface area contributed by atoms with Gasteiger partial charge in [0.15, 0.2) is 0 Å². The first-order valence-electron chi connectivity index (χ1n) is 19.3. The van der Waals surface area contributed by atoms with Crippen LogP contribution in [0.1, 0.15) is 36.1 Å². The molecule has 5 heteroatoms. The molecule has 7 aromatic rings. The lowest BCUT2D eigenvalue weighted by Crippen LogP contribution is -2.02. The molecule has 0 saturated carbocycles. The molecule has 1 aromatic heterocycles. The van der Waals surface area contributed by atoms with Crippen molar-refractivity contribution in [2.45, 2.75) is 33.4 Å². The van der Waals surface area contributed by atoms with Gasteiger partial charge in [-0.25, -0.2) is 0 Å². The zero-order valence-corrected chi connectivity index (χ0v) is 34.4. The van der Waals surface area contributed by atoms with E-state index >= 15 is 0 Å². The van der Waals surface area contributed by atoms with Crippen molar-refractivity contribution in [3.8, 4) is 16.8 Å². The van der Waals surface area contributed by atoms with Gasteiger partial charge < -0.3 is 4.57 Å². The molecule has 0 N–H and O–H groups in total. The van der Waals surface area contributed by atoms with Gasteiger partial charge >= 0.3 is 0 Å². The maximum Gasteiger partial charge on any atom is 0.0716 e. The predicted molar refractivity (Wildman–Crippen MR) is 254 cm³/mol. The minimum atomic E-state index is 0.479. The number of rotatable bonds is 12. The van der Waals surface area contributed by atoms with Crippen molar-refractivity contribution in [2.75, 3.05) is 6.54 Å². The highest BCUT2D eigenvalue weighted by atomic mass is 32.2. The Balaban J connectivity index is 1.25. The van der Waals surface area contributed by atoms with E-state index in [-0.39, 0.29) is 0 Å². The van der Waals surface area contributed by atoms with Crippen LogP contribution >= 0.6 is 23.5 Å². The highest BCUT2D eigenvalue weighted by Gasteiger charge is 2.25. The van der Waals surface area contributed by atoms with Crippen LogP contribution in [0.15, 0.2) is 212 Å². The highest BCUT2D eigenvalue weighted by Crippen LogP contribution is 2.53. The van der Waals surface area contributed by atoms with E-state index in [0.29, 0.717) is 6.54 Å². The van der Waals surface area contributed by atoms with Gasteiger partial charge in [0, 0.05) is 42.3 Å². The summed E-state index contributed by atoms with van der Waals surface area (Å²) < 4.78 is 2.45. The number of hydrogen-bond acceptors (Lipinski definition) is 4. The van der Waals surface area contributed by atoms with Gasteiger partial charge in [-0.15, -0.1) is 0 Å². The zero-order valence-electron chi connectivity index (χ0n) is 32.7.